The van der Waals surface area contributed by atoms with Crippen LogP contribution >= 0.6 is 15.9 Å². The summed E-state index contributed by atoms with van der Waals surface area (Å²) in [5, 5.41) is 5.99. The molecule has 1 fully saturated rings. The maximum Gasteiger partial charge on any atom is 0.317 e. The number of nitrogens with zero attached hydrogens (tertiary/aromatic N) is 1. The van der Waals surface area contributed by atoms with Crippen LogP contribution in [-0.2, 0) is 0 Å². The largest absolute Gasteiger partial charge is 0.352 e. The number of piperidine rings is 1. The van der Waals surface area contributed by atoms with Gasteiger partial charge in [0.15, 0.2) is 0 Å². The van der Waals surface area contributed by atoms with Gasteiger partial charge in [0.2, 0.25) is 0 Å². The molecule has 0 unspecified atom stereocenters. The van der Waals surface area contributed by atoms with Gasteiger partial charge in [-0.2, -0.15) is 0 Å². The Morgan fingerprint density at radius 2 is 1.92 bits per heavy atom. The lowest BCUT2D eigenvalue weighted by molar-refractivity contribution is 0.0937. The van der Waals surface area contributed by atoms with E-state index in [0.717, 1.165) is 30.4 Å². The number of halogens is 1. The van der Waals surface area contributed by atoms with Gasteiger partial charge in [-0.05, 0) is 57.7 Å². The molecule has 132 valence electrons. The van der Waals surface area contributed by atoms with E-state index in [9.17, 15) is 9.59 Å². The maximum absolute atomic E-state index is 12.2. The number of benzene rings is 1. The molecule has 1 heterocycles. The molecule has 1 aliphatic heterocycles. The Morgan fingerprint density at radius 3 is 2.50 bits per heavy atom. The highest BCUT2D eigenvalue weighted by Crippen LogP contribution is 2.17. The van der Waals surface area contributed by atoms with E-state index in [1.54, 1.807) is 6.07 Å². The first-order valence-electron chi connectivity index (χ1n) is 8.35. The van der Waals surface area contributed by atoms with Crippen LogP contribution in [0.3, 0.4) is 0 Å². The number of carbonyl (C=O) groups excluding carboxylic acids is 2. The third-order valence-electron chi connectivity index (χ3n) is 4.02. The third kappa shape index (κ3) is 5.82. The van der Waals surface area contributed by atoms with Crippen molar-refractivity contribution in [3.8, 4) is 0 Å². The number of rotatable bonds is 3. The van der Waals surface area contributed by atoms with Crippen LogP contribution in [0.5, 0.6) is 0 Å². The maximum atomic E-state index is 12.2. The summed E-state index contributed by atoms with van der Waals surface area (Å²) in [7, 11) is 0. The van der Waals surface area contributed by atoms with Gasteiger partial charge in [0.25, 0.3) is 5.91 Å². The Bertz CT molecular complexity index is 590. The predicted octanol–water partition coefficient (Wildman–Crippen LogP) is 3.40. The van der Waals surface area contributed by atoms with Crippen LogP contribution in [0.25, 0.3) is 0 Å². The summed E-state index contributed by atoms with van der Waals surface area (Å²) in [6.45, 7) is 8.07. The second-order valence-electron chi connectivity index (χ2n) is 7.33. The van der Waals surface area contributed by atoms with E-state index in [0.29, 0.717) is 18.0 Å². The SMILES string of the molecule is CC(C)(C)NC(=O)N1CCC(CNC(=O)c2cccc(Br)c2)CC1. The number of hydrogen-bond acceptors (Lipinski definition) is 2. The number of urea groups is 1. The Hall–Kier alpha value is -1.56. The van der Waals surface area contributed by atoms with E-state index in [4.69, 9.17) is 0 Å². The molecule has 1 aromatic carbocycles. The molecule has 5 nitrogen and oxygen atoms in total. The summed E-state index contributed by atoms with van der Waals surface area (Å²) < 4.78 is 0.897. The van der Waals surface area contributed by atoms with E-state index in [-0.39, 0.29) is 17.5 Å². The zero-order valence-electron chi connectivity index (χ0n) is 14.6. The molecule has 1 aliphatic rings. The Balaban J connectivity index is 1.75. The molecule has 0 aromatic heterocycles. The van der Waals surface area contributed by atoms with Crippen molar-refractivity contribution in [2.24, 2.45) is 5.92 Å². The molecule has 2 N–H and O–H groups in total. The van der Waals surface area contributed by atoms with Gasteiger partial charge in [-0.1, -0.05) is 22.0 Å². The predicted molar refractivity (Wildman–Crippen MR) is 99.1 cm³/mol. The summed E-state index contributed by atoms with van der Waals surface area (Å²) in [6, 6.07) is 7.37. The Morgan fingerprint density at radius 1 is 1.25 bits per heavy atom. The molecule has 0 radical (unpaired) electrons. The Kier molecular flexibility index (Phi) is 6.27. The minimum absolute atomic E-state index is 0.000814. The van der Waals surface area contributed by atoms with Crippen molar-refractivity contribution >= 4 is 27.9 Å². The molecular formula is C18H26BrN3O2. The molecule has 0 spiro atoms. The van der Waals surface area contributed by atoms with Crippen molar-refractivity contribution in [3.63, 3.8) is 0 Å². The fourth-order valence-electron chi connectivity index (χ4n) is 2.71. The number of nitrogens with one attached hydrogen (secondary N) is 2. The number of likely N-dealkylation sites (tertiary alicyclic amines) is 1. The van der Waals surface area contributed by atoms with E-state index in [1.165, 1.54) is 0 Å². The molecule has 3 amide bonds. The van der Waals surface area contributed by atoms with Crippen LogP contribution in [0, 0.1) is 5.92 Å². The lowest BCUT2D eigenvalue weighted by Gasteiger charge is -2.34. The van der Waals surface area contributed by atoms with Gasteiger partial charge in [-0.25, -0.2) is 4.79 Å². The number of hydrogen-bond donors (Lipinski definition) is 2. The molecular weight excluding hydrogens is 370 g/mol. The highest BCUT2D eigenvalue weighted by Gasteiger charge is 2.25. The Labute approximate surface area is 152 Å². The number of carbonyl (C=O) groups is 2. The molecule has 0 saturated carbocycles. The minimum Gasteiger partial charge on any atom is -0.352 e. The van der Waals surface area contributed by atoms with Crippen molar-refractivity contribution in [2.45, 2.75) is 39.2 Å². The second-order valence-corrected chi connectivity index (χ2v) is 8.25. The summed E-state index contributed by atoms with van der Waals surface area (Å²) >= 11 is 3.38. The molecule has 0 atom stereocenters. The zero-order valence-corrected chi connectivity index (χ0v) is 16.1. The lowest BCUT2D eigenvalue weighted by atomic mass is 9.96. The highest BCUT2D eigenvalue weighted by molar-refractivity contribution is 9.10. The minimum atomic E-state index is -0.216. The van der Waals surface area contributed by atoms with Crippen LogP contribution < -0.4 is 10.6 Å². The van der Waals surface area contributed by atoms with Gasteiger partial charge in [-0.3, -0.25) is 4.79 Å². The van der Waals surface area contributed by atoms with Crippen molar-refractivity contribution in [3.05, 3.63) is 34.3 Å². The van der Waals surface area contributed by atoms with Crippen LogP contribution in [0.4, 0.5) is 4.79 Å². The van der Waals surface area contributed by atoms with Gasteiger partial charge >= 0.3 is 6.03 Å². The molecule has 24 heavy (non-hydrogen) atoms. The van der Waals surface area contributed by atoms with Gasteiger partial charge in [0.05, 0.1) is 0 Å². The summed E-state index contributed by atoms with van der Waals surface area (Å²) in [5.41, 5.74) is 0.442. The molecule has 2 rings (SSSR count). The van der Waals surface area contributed by atoms with Gasteiger partial charge < -0.3 is 15.5 Å². The molecule has 6 heteroatoms. The van der Waals surface area contributed by atoms with Crippen LogP contribution in [0.2, 0.25) is 0 Å². The average Bonchev–Trinajstić information content (AvgIpc) is 2.51. The van der Waals surface area contributed by atoms with Crippen molar-refractivity contribution in [1.29, 1.82) is 0 Å². The van der Waals surface area contributed by atoms with Gasteiger partial charge in [0, 0.05) is 35.2 Å². The van der Waals surface area contributed by atoms with Crippen molar-refractivity contribution < 1.29 is 9.59 Å². The lowest BCUT2D eigenvalue weighted by Crippen LogP contribution is -2.51. The molecule has 0 bridgehead atoms. The highest BCUT2D eigenvalue weighted by atomic mass is 79.9. The van der Waals surface area contributed by atoms with E-state index < -0.39 is 0 Å². The van der Waals surface area contributed by atoms with E-state index in [1.807, 2.05) is 43.9 Å². The van der Waals surface area contributed by atoms with Gasteiger partial charge in [0.1, 0.15) is 0 Å². The smallest absolute Gasteiger partial charge is 0.317 e. The van der Waals surface area contributed by atoms with Crippen molar-refractivity contribution in [2.75, 3.05) is 19.6 Å². The topological polar surface area (TPSA) is 61.4 Å². The second kappa shape index (κ2) is 8.01. The summed E-state index contributed by atoms with van der Waals surface area (Å²) in [5.74, 6) is 0.365. The van der Waals surface area contributed by atoms with E-state index >= 15 is 0 Å². The van der Waals surface area contributed by atoms with Crippen LogP contribution in [-0.4, -0.2) is 42.0 Å². The number of amides is 3. The first-order chi connectivity index (χ1) is 11.2. The van der Waals surface area contributed by atoms with Gasteiger partial charge in [-0.15, -0.1) is 0 Å². The fourth-order valence-corrected chi connectivity index (χ4v) is 3.11. The summed E-state index contributed by atoms with van der Waals surface area (Å²) in [6.07, 6.45) is 1.83. The fraction of sp³-hybridized carbons (Fsp3) is 0.556. The molecule has 1 saturated heterocycles. The van der Waals surface area contributed by atoms with Crippen LogP contribution in [0.1, 0.15) is 44.0 Å². The van der Waals surface area contributed by atoms with Crippen molar-refractivity contribution in [1.82, 2.24) is 15.5 Å². The zero-order chi connectivity index (χ0) is 17.7. The first-order valence-corrected chi connectivity index (χ1v) is 9.15. The van der Waals surface area contributed by atoms with E-state index in [2.05, 4.69) is 26.6 Å². The average molecular weight is 396 g/mol. The monoisotopic (exact) mass is 395 g/mol. The summed E-state index contributed by atoms with van der Waals surface area (Å²) in [4.78, 5) is 26.2. The first kappa shape index (κ1) is 18.8. The normalized spacial score (nSPS) is 15.9. The van der Waals surface area contributed by atoms with Crippen LogP contribution in [0.15, 0.2) is 28.7 Å². The third-order valence-corrected chi connectivity index (χ3v) is 4.52. The molecule has 1 aromatic rings. The molecule has 0 aliphatic carbocycles. The quantitative estimate of drug-likeness (QED) is 0.823. The standard InChI is InChI=1S/C18H26BrN3O2/c1-18(2,3)21-17(24)22-9-7-13(8-10-22)12-20-16(23)14-5-4-6-15(19)11-14/h4-6,11,13H,7-10,12H2,1-3H3,(H,20,23)(H,21,24).